The quantitative estimate of drug-likeness (QED) is 0.781. The van der Waals surface area contributed by atoms with Crippen molar-refractivity contribution in [2.45, 2.75) is 13.0 Å². The standard InChI is InChI=1S/C19H22F2N2O3/c1-13(19(24)22-16-9-8-14(20)12-15(16)21)23(2)10-11-26-18-7-5-4-6-17(18)25-3/h4-9,12-13H,10-11H2,1-3H3,(H,22,24). The number of hydrogen-bond donors (Lipinski definition) is 1. The summed E-state index contributed by atoms with van der Waals surface area (Å²) in [4.78, 5) is 14.0. The van der Waals surface area contributed by atoms with Gasteiger partial charge in [0.15, 0.2) is 11.5 Å². The maximum atomic E-state index is 13.6. The van der Waals surface area contributed by atoms with Gasteiger partial charge in [-0.25, -0.2) is 8.78 Å². The number of amides is 1. The predicted octanol–water partition coefficient (Wildman–Crippen LogP) is 3.31. The van der Waals surface area contributed by atoms with Crippen LogP contribution in [0.3, 0.4) is 0 Å². The van der Waals surface area contributed by atoms with Crippen molar-refractivity contribution in [1.82, 2.24) is 4.90 Å². The lowest BCUT2D eigenvalue weighted by molar-refractivity contribution is -0.120. The Hall–Kier alpha value is -2.67. The van der Waals surface area contributed by atoms with E-state index in [0.717, 1.165) is 12.1 Å². The highest BCUT2D eigenvalue weighted by Gasteiger charge is 2.19. The number of carbonyl (C=O) groups excluding carboxylic acids is 1. The molecule has 0 bridgehead atoms. The highest BCUT2D eigenvalue weighted by Crippen LogP contribution is 2.25. The Labute approximate surface area is 151 Å². The molecule has 0 aliphatic carbocycles. The number of rotatable bonds is 8. The molecule has 0 saturated heterocycles. The molecule has 0 radical (unpaired) electrons. The Bertz CT molecular complexity index is 755. The summed E-state index contributed by atoms with van der Waals surface area (Å²) in [6.07, 6.45) is 0. The highest BCUT2D eigenvalue weighted by atomic mass is 19.1. The fraction of sp³-hybridized carbons (Fsp3) is 0.316. The molecule has 1 unspecified atom stereocenters. The maximum absolute atomic E-state index is 13.6. The highest BCUT2D eigenvalue weighted by molar-refractivity contribution is 5.94. The summed E-state index contributed by atoms with van der Waals surface area (Å²) in [6.45, 7) is 2.51. The van der Waals surface area contributed by atoms with Crippen molar-refractivity contribution in [1.29, 1.82) is 0 Å². The number of ether oxygens (including phenoxy) is 2. The van der Waals surface area contributed by atoms with Crippen molar-refractivity contribution in [3.05, 3.63) is 54.1 Å². The molecule has 1 N–H and O–H groups in total. The van der Waals surface area contributed by atoms with Crippen LogP contribution in [0.15, 0.2) is 42.5 Å². The monoisotopic (exact) mass is 364 g/mol. The van der Waals surface area contributed by atoms with Crippen LogP contribution in [0.4, 0.5) is 14.5 Å². The lowest BCUT2D eigenvalue weighted by Gasteiger charge is -2.24. The molecule has 2 rings (SSSR count). The number of nitrogens with zero attached hydrogens (tertiary/aromatic N) is 1. The molecule has 2 aromatic rings. The number of methoxy groups -OCH3 is 1. The number of carbonyl (C=O) groups is 1. The number of anilines is 1. The molecule has 0 aromatic heterocycles. The van der Waals surface area contributed by atoms with Crippen molar-refractivity contribution in [2.24, 2.45) is 0 Å². The Morgan fingerprint density at radius 1 is 1.19 bits per heavy atom. The van der Waals surface area contributed by atoms with Crippen LogP contribution in [0.25, 0.3) is 0 Å². The number of para-hydroxylation sites is 2. The van der Waals surface area contributed by atoms with Gasteiger partial charge in [-0.15, -0.1) is 0 Å². The average molecular weight is 364 g/mol. The second kappa shape index (κ2) is 9.15. The first-order chi connectivity index (χ1) is 12.4. The first kappa shape index (κ1) is 19.7. The van der Waals surface area contributed by atoms with E-state index in [4.69, 9.17) is 9.47 Å². The molecule has 26 heavy (non-hydrogen) atoms. The molecule has 140 valence electrons. The van der Waals surface area contributed by atoms with E-state index in [2.05, 4.69) is 5.32 Å². The zero-order chi connectivity index (χ0) is 19.1. The van der Waals surface area contributed by atoms with E-state index >= 15 is 0 Å². The Morgan fingerprint density at radius 2 is 1.88 bits per heavy atom. The predicted molar refractivity (Wildman–Crippen MR) is 95.6 cm³/mol. The SMILES string of the molecule is COc1ccccc1OCCN(C)C(C)C(=O)Nc1ccc(F)cc1F. The topological polar surface area (TPSA) is 50.8 Å². The van der Waals surface area contributed by atoms with Gasteiger partial charge in [-0.05, 0) is 38.2 Å². The minimum Gasteiger partial charge on any atom is -0.493 e. The van der Waals surface area contributed by atoms with Crippen molar-refractivity contribution < 1.29 is 23.0 Å². The van der Waals surface area contributed by atoms with Gasteiger partial charge in [0.1, 0.15) is 18.2 Å². The normalized spacial score (nSPS) is 11.9. The Kier molecular flexibility index (Phi) is 6.91. The largest absolute Gasteiger partial charge is 0.493 e. The van der Waals surface area contributed by atoms with Gasteiger partial charge in [0.25, 0.3) is 0 Å². The molecular formula is C19H22F2N2O3. The summed E-state index contributed by atoms with van der Waals surface area (Å²) in [7, 11) is 3.33. The van der Waals surface area contributed by atoms with Crippen molar-refractivity contribution in [2.75, 3.05) is 32.6 Å². The van der Waals surface area contributed by atoms with Crippen LogP contribution in [0, 0.1) is 11.6 Å². The fourth-order valence-corrected chi connectivity index (χ4v) is 2.26. The molecule has 0 saturated carbocycles. The molecule has 0 heterocycles. The fourth-order valence-electron chi connectivity index (χ4n) is 2.26. The van der Waals surface area contributed by atoms with Gasteiger partial charge in [0, 0.05) is 12.6 Å². The molecule has 0 aliphatic heterocycles. The third-order valence-electron chi connectivity index (χ3n) is 4.00. The van der Waals surface area contributed by atoms with E-state index in [0.29, 0.717) is 24.7 Å². The number of benzene rings is 2. The summed E-state index contributed by atoms with van der Waals surface area (Å²) >= 11 is 0. The summed E-state index contributed by atoms with van der Waals surface area (Å²) in [6, 6.07) is 9.77. The van der Waals surface area contributed by atoms with E-state index in [1.807, 2.05) is 12.1 Å². The number of hydrogen-bond acceptors (Lipinski definition) is 4. The Morgan fingerprint density at radius 3 is 2.54 bits per heavy atom. The molecule has 7 heteroatoms. The summed E-state index contributed by atoms with van der Waals surface area (Å²) < 4.78 is 37.4. The van der Waals surface area contributed by atoms with E-state index in [1.54, 1.807) is 38.1 Å². The van der Waals surface area contributed by atoms with Gasteiger partial charge in [-0.2, -0.15) is 0 Å². The van der Waals surface area contributed by atoms with Gasteiger partial charge < -0.3 is 14.8 Å². The third kappa shape index (κ3) is 5.16. The van der Waals surface area contributed by atoms with E-state index in [9.17, 15) is 13.6 Å². The lowest BCUT2D eigenvalue weighted by atomic mass is 10.2. The minimum absolute atomic E-state index is 0.0538. The third-order valence-corrected chi connectivity index (χ3v) is 4.00. The van der Waals surface area contributed by atoms with E-state index in [1.165, 1.54) is 6.07 Å². The zero-order valence-corrected chi connectivity index (χ0v) is 15.0. The second-order valence-electron chi connectivity index (χ2n) is 5.77. The molecule has 1 amide bonds. The van der Waals surface area contributed by atoms with Crippen molar-refractivity contribution in [3.63, 3.8) is 0 Å². The van der Waals surface area contributed by atoms with Crippen molar-refractivity contribution in [3.8, 4) is 11.5 Å². The molecule has 5 nitrogen and oxygen atoms in total. The van der Waals surface area contributed by atoms with Gasteiger partial charge in [0.2, 0.25) is 5.91 Å². The number of nitrogens with one attached hydrogen (secondary N) is 1. The minimum atomic E-state index is -0.812. The van der Waals surface area contributed by atoms with Gasteiger partial charge in [-0.1, -0.05) is 12.1 Å². The molecular weight excluding hydrogens is 342 g/mol. The molecule has 0 aliphatic rings. The first-order valence-electron chi connectivity index (χ1n) is 8.14. The van der Waals surface area contributed by atoms with Gasteiger partial charge in [-0.3, -0.25) is 9.69 Å². The summed E-state index contributed by atoms with van der Waals surface area (Å²) in [5, 5.41) is 2.46. The zero-order valence-electron chi connectivity index (χ0n) is 15.0. The van der Waals surface area contributed by atoms with Crippen LogP contribution >= 0.6 is 0 Å². The Balaban J connectivity index is 1.86. The van der Waals surface area contributed by atoms with Crippen LogP contribution in [0.2, 0.25) is 0 Å². The van der Waals surface area contributed by atoms with Gasteiger partial charge >= 0.3 is 0 Å². The maximum Gasteiger partial charge on any atom is 0.241 e. The van der Waals surface area contributed by atoms with Crippen molar-refractivity contribution >= 4 is 11.6 Å². The van der Waals surface area contributed by atoms with Gasteiger partial charge in [0.05, 0.1) is 18.8 Å². The smallest absolute Gasteiger partial charge is 0.241 e. The van der Waals surface area contributed by atoms with Crippen LogP contribution in [0.1, 0.15) is 6.92 Å². The van der Waals surface area contributed by atoms with E-state index < -0.39 is 23.6 Å². The molecule has 0 fully saturated rings. The van der Waals surface area contributed by atoms with Crippen LogP contribution in [-0.4, -0.2) is 44.2 Å². The molecule has 0 spiro atoms. The van der Waals surface area contributed by atoms with Crippen LogP contribution in [0.5, 0.6) is 11.5 Å². The number of halogens is 2. The summed E-state index contributed by atoms with van der Waals surface area (Å²) in [5.74, 6) is -0.649. The first-order valence-corrected chi connectivity index (χ1v) is 8.14. The van der Waals surface area contributed by atoms with Crippen LogP contribution < -0.4 is 14.8 Å². The van der Waals surface area contributed by atoms with Crippen LogP contribution in [-0.2, 0) is 4.79 Å². The lowest BCUT2D eigenvalue weighted by Crippen LogP contribution is -2.41. The number of likely N-dealkylation sites (N-methyl/N-ethyl adjacent to an activating group) is 1. The van der Waals surface area contributed by atoms with E-state index in [-0.39, 0.29) is 5.69 Å². The molecule has 1 atom stereocenters. The molecule has 2 aromatic carbocycles. The summed E-state index contributed by atoms with van der Waals surface area (Å²) in [5.41, 5.74) is -0.0538. The second-order valence-corrected chi connectivity index (χ2v) is 5.77. The average Bonchev–Trinajstić information content (AvgIpc) is 2.63.